The van der Waals surface area contributed by atoms with Crippen molar-refractivity contribution in [2.24, 2.45) is 13.0 Å². The minimum absolute atomic E-state index is 0.0454. The van der Waals surface area contributed by atoms with Crippen molar-refractivity contribution in [3.63, 3.8) is 0 Å². The molecule has 2 atom stereocenters. The molecule has 0 radical (unpaired) electrons. The van der Waals surface area contributed by atoms with Crippen LogP contribution in [0.15, 0.2) is 48.9 Å². The van der Waals surface area contributed by atoms with Gasteiger partial charge in [-0.05, 0) is 61.9 Å². The van der Waals surface area contributed by atoms with Crippen LogP contribution in [0.1, 0.15) is 41.7 Å². The number of hydrogen-bond acceptors (Lipinski definition) is 5. The fourth-order valence-corrected chi connectivity index (χ4v) is 6.38. The van der Waals surface area contributed by atoms with E-state index in [9.17, 15) is 18.4 Å². The van der Waals surface area contributed by atoms with Crippen molar-refractivity contribution in [1.29, 1.82) is 0 Å². The highest BCUT2D eigenvalue weighted by Crippen LogP contribution is 2.39. The maximum atomic E-state index is 13.5. The van der Waals surface area contributed by atoms with Gasteiger partial charge in [0.2, 0.25) is 5.95 Å². The topological polar surface area (TPSA) is 119 Å². The van der Waals surface area contributed by atoms with Gasteiger partial charge in [0, 0.05) is 37.6 Å². The summed E-state index contributed by atoms with van der Waals surface area (Å²) in [6, 6.07) is 10.8. The summed E-state index contributed by atoms with van der Waals surface area (Å²) in [6.45, 7) is 2.51. The number of amides is 2. The smallest absolute Gasteiger partial charge is 0.405 e. The van der Waals surface area contributed by atoms with Gasteiger partial charge in [-0.1, -0.05) is 12.1 Å². The summed E-state index contributed by atoms with van der Waals surface area (Å²) in [5.41, 5.74) is 4.86. The minimum atomic E-state index is -1.33. The predicted molar refractivity (Wildman–Crippen MR) is 167 cm³/mol. The molecule has 2 amide bonds. The molecule has 11 nitrogen and oxygen atoms in total. The largest absolute Gasteiger partial charge is 0.489 e. The molecule has 240 valence electrons. The zero-order chi connectivity index (χ0) is 32.1. The highest BCUT2D eigenvalue weighted by molar-refractivity contribution is 6.01. The number of benzene rings is 2. The van der Waals surface area contributed by atoms with Crippen LogP contribution in [0.3, 0.4) is 0 Å². The maximum Gasteiger partial charge on any atom is 0.405 e. The number of para-hydroxylation sites is 1. The average Bonchev–Trinajstić information content (AvgIpc) is 3.50. The van der Waals surface area contributed by atoms with Crippen LogP contribution < -0.4 is 10.1 Å². The quantitative estimate of drug-likeness (QED) is 0.207. The van der Waals surface area contributed by atoms with Crippen molar-refractivity contribution in [3.8, 4) is 17.3 Å². The Morgan fingerprint density at radius 2 is 2.07 bits per heavy atom. The molecule has 7 rings (SSSR count). The van der Waals surface area contributed by atoms with Gasteiger partial charge >= 0.3 is 6.09 Å². The van der Waals surface area contributed by atoms with Crippen LogP contribution >= 0.6 is 0 Å². The number of hydrogen-bond donors (Lipinski definition) is 2. The van der Waals surface area contributed by atoms with E-state index in [4.69, 9.17) is 14.8 Å². The first-order valence-corrected chi connectivity index (χ1v) is 15.5. The van der Waals surface area contributed by atoms with E-state index in [-0.39, 0.29) is 18.5 Å². The summed E-state index contributed by atoms with van der Waals surface area (Å²) in [6.07, 6.45) is 4.37. The monoisotopic (exact) mass is 631 g/mol. The third-order valence-electron chi connectivity index (χ3n) is 9.04. The molecule has 2 N–H and O–H groups in total. The van der Waals surface area contributed by atoms with Crippen molar-refractivity contribution in [1.82, 2.24) is 33.9 Å². The Kier molecular flexibility index (Phi) is 7.61. The number of carbonyl (C=O) groups is 2. The first kappa shape index (κ1) is 29.8. The summed E-state index contributed by atoms with van der Waals surface area (Å²) < 4.78 is 39.4. The first-order valence-electron chi connectivity index (χ1n) is 15.5. The van der Waals surface area contributed by atoms with E-state index in [1.165, 1.54) is 17.4 Å². The van der Waals surface area contributed by atoms with Gasteiger partial charge < -0.3 is 33.8 Å². The lowest BCUT2D eigenvalue weighted by Crippen LogP contribution is -2.48. The van der Waals surface area contributed by atoms with Crippen LogP contribution in [0.5, 0.6) is 5.75 Å². The van der Waals surface area contributed by atoms with Gasteiger partial charge in [0.1, 0.15) is 19.0 Å². The van der Waals surface area contributed by atoms with Crippen molar-refractivity contribution >= 4 is 33.9 Å². The fourth-order valence-electron chi connectivity index (χ4n) is 6.38. The number of halogens is 2. The number of ether oxygens (including phenoxy) is 1. The number of imidazole rings is 2. The predicted octanol–water partition coefficient (Wildman–Crippen LogP) is 5.18. The second kappa shape index (κ2) is 11.8. The van der Waals surface area contributed by atoms with E-state index in [2.05, 4.69) is 31.6 Å². The van der Waals surface area contributed by atoms with Crippen molar-refractivity contribution in [3.05, 3.63) is 66.0 Å². The van der Waals surface area contributed by atoms with Crippen molar-refractivity contribution in [2.45, 2.75) is 44.8 Å². The van der Waals surface area contributed by atoms with Crippen LogP contribution in [0.2, 0.25) is 0 Å². The number of alkyl halides is 1. The normalized spacial score (nSPS) is 16.2. The Balaban J connectivity index is 1.23. The van der Waals surface area contributed by atoms with Gasteiger partial charge in [0.15, 0.2) is 5.82 Å². The summed E-state index contributed by atoms with van der Waals surface area (Å²) in [7, 11) is 1.97. The lowest BCUT2D eigenvalue weighted by atomic mass is 9.97. The molecule has 2 unspecified atom stereocenters. The van der Waals surface area contributed by atoms with E-state index < -0.39 is 24.8 Å². The van der Waals surface area contributed by atoms with Gasteiger partial charge in [0.05, 0.1) is 46.9 Å². The second-order valence-electron chi connectivity index (χ2n) is 12.4. The molecule has 4 heterocycles. The zero-order valence-corrected chi connectivity index (χ0v) is 25.6. The molecule has 2 aliphatic rings. The minimum Gasteiger partial charge on any atom is -0.489 e. The van der Waals surface area contributed by atoms with Crippen LogP contribution in [-0.4, -0.2) is 78.1 Å². The number of carboxylic acid groups (broad SMARTS) is 1. The maximum absolute atomic E-state index is 13.5. The molecule has 1 aliphatic heterocycles. The Hall–Kier alpha value is -4.94. The standard InChI is InChI=1S/C33H35F2N7O4/c1-19(41-16-29(35)36-18-41)17-46-28-5-3-4-22-11-27(42(30(22)28)14-20-6-7-20)31-38-25-12-24-21(10-26(25)39(31)2)8-9-40(32(24)43)15-23(13-34)37-33(44)45/h3-5,10-12,16,18-20,23,37H,6-9,13-15,17H2,1-2H3,(H,44,45). The number of aryl methyl sites for hydroxylation is 1. The van der Waals surface area contributed by atoms with Crippen LogP contribution in [0.25, 0.3) is 33.5 Å². The van der Waals surface area contributed by atoms with Gasteiger partial charge in [-0.25, -0.2) is 19.2 Å². The molecule has 0 saturated heterocycles. The van der Waals surface area contributed by atoms with Gasteiger partial charge in [-0.2, -0.15) is 4.39 Å². The van der Waals surface area contributed by atoms with Crippen molar-refractivity contribution in [2.75, 3.05) is 26.4 Å². The molecular formula is C33H35F2N7O4. The lowest BCUT2D eigenvalue weighted by molar-refractivity contribution is 0.0714. The van der Waals surface area contributed by atoms with Crippen LogP contribution in [-0.2, 0) is 20.0 Å². The number of nitrogens with one attached hydrogen (secondary N) is 1. The van der Waals surface area contributed by atoms with Crippen molar-refractivity contribution < 1.29 is 28.2 Å². The highest BCUT2D eigenvalue weighted by Gasteiger charge is 2.30. The summed E-state index contributed by atoms with van der Waals surface area (Å²) in [5, 5.41) is 12.2. The van der Waals surface area contributed by atoms with E-state index in [0.717, 1.165) is 58.6 Å². The summed E-state index contributed by atoms with van der Waals surface area (Å²) in [4.78, 5) is 34.7. The molecule has 1 aliphatic carbocycles. The molecule has 46 heavy (non-hydrogen) atoms. The average molecular weight is 632 g/mol. The second-order valence-corrected chi connectivity index (χ2v) is 12.4. The molecule has 1 fully saturated rings. The molecule has 0 spiro atoms. The van der Waals surface area contributed by atoms with E-state index in [1.54, 1.807) is 10.6 Å². The Labute approximate surface area is 263 Å². The van der Waals surface area contributed by atoms with Crippen LogP contribution in [0.4, 0.5) is 13.6 Å². The SMILES string of the molecule is CC(COc1cccc2cc(-c3nc4cc5c(cc4n3C)CCN(CC(CF)NC(=O)O)C5=O)n(CC3CC3)c12)n1cnc(F)c1. The molecule has 13 heteroatoms. The van der Waals surface area contributed by atoms with Crippen LogP contribution in [0, 0.1) is 11.9 Å². The number of nitrogens with zero attached hydrogens (tertiary/aromatic N) is 6. The third kappa shape index (κ3) is 5.54. The number of carbonyl (C=O) groups excluding carboxylic acids is 1. The van der Waals surface area contributed by atoms with Gasteiger partial charge in [-0.3, -0.25) is 4.79 Å². The number of fused-ring (bicyclic) bond motifs is 3. The summed E-state index contributed by atoms with van der Waals surface area (Å²) in [5.74, 6) is 1.26. The Bertz CT molecular complexity index is 1960. The lowest BCUT2D eigenvalue weighted by Gasteiger charge is -2.31. The molecule has 0 bridgehead atoms. The third-order valence-corrected chi connectivity index (χ3v) is 9.04. The molecule has 5 aromatic rings. The van der Waals surface area contributed by atoms with Gasteiger partial charge in [-0.15, -0.1) is 0 Å². The van der Waals surface area contributed by atoms with E-state index >= 15 is 0 Å². The molecule has 1 saturated carbocycles. The molecule has 3 aromatic heterocycles. The first-order chi connectivity index (χ1) is 22.2. The van der Waals surface area contributed by atoms with E-state index in [1.807, 2.05) is 32.2 Å². The Morgan fingerprint density at radius 1 is 1.24 bits per heavy atom. The zero-order valence-electron chi connectivity index (χ0n) is 25.6. The number of rotatable bonds is 11. The molecular weight excluding hydrogens is 596 g/mol. The van der Waals surface area contributed by atoms with E-state index in [0.29, 0.717) is 36.6 Å². The number of aromatic nitrogens is 5. The van der Waals surface area contributed by atoms with Gasteiger partial charge in [0.25, 0.3) is 5.91 Å². The molecule has 2 aromatic carbocycles. The summed E-state index contributed by atoms with van der Waals surface area (Å²) >= 11 is 0. The Morgan fingerprint density at radius 3 is 2.78 bits per heavy atom. The fraction of sp³-hybridized carbons (Fsp3) is 0.394. The highest BCUT2D eigenvalue weighted by atomic mass is 19.1.